The molecule has 0 saturated carbocycles. The summed E-state index contributed by atoms with van der Waals surface area (Å²) in [4.78, 5) is 10.4. The van der Waals surface area contributed by atoms with E-state index >= 15 is 0 Å². The zero-order valence-corrected chi connectivity index (χ0v) is 10.6. The number of hydrogen-bond acceptors (Lipinski definition) is 2. The standard InChI is InChI=1S/C8H14O2.C5H12.CH4/c1-3-5-6-7-10-8(9)4-2;1-3-5-4-2;/h4H,2-3,5-7H2,1H3;3-5H2,1-2H3;1H4. The normalized spacial score (nSPS) is 8.19. The highest BCUT2D eigenvalue weighted by Crippen LogP contribution is 1.94. The second-order valence-electron chi connectivity index (χ2n) is 3.43. The minimum Gasteiger partial charge on any atom is -0.463 e. The Hall–Kier alpha value is -0.790. The zero-order valence-electron chi connectivity index (χ0n) is 10.6. The van der Waals surface area contributed by atoms with E-state index in [1.165, 1.54) is 25.3 Å². The molecule has 0 amide bonds. The summed E-state index contributed by atoms with van der Waals surface area (Å²) in [6.45, 7) is 10.3. The van der Waals surface area contributed by atoms with Crippen LogP contribution in [0.3, 0.4) is 0 Å². The summed E-state index contributed by atoms with van der Waals surface area (Å²) in [5, 5.41) is 0. The van der Waals surface area contributed by atoms with Gasteiger partial charge in [0, 0.05) is 6.08 Å². The highest BCUT2D eigenvalue weighted by atomic mass is 16.5. The summed E-state index contributed by atoms with van der Waals surface area (Å²) in [6.07, 6.45) is 8.48. The molecule has 0 aliphatic heterocycles. The van der Waals surface area contributed by atoms with Crippen LogP contribution in [0.5, 0.6) is 0 Å². The Morgan fingerprint density at radius 3 is 1.88 bits per heavy atom. The number of carbonyl (C=O) groups excluding carboxylic acids is 1. The maximum Gasteiger partial charge on any atom is 0.330 e. The molecule has 2 nitrogen and oxygen atoms in total. The number of unbranched alkanes of at least 4 members (excludes halogenated alkanes) is 4. The molecule has 0 aromatic rings. The Bertz CT molecular complexity index is 140. The molecule has 0 rings (SSSR count). The Kier molecular flexibility index (Phi) is 25.4. The van der Waals surface area contributed by atoms with Crippen molar-refractivity contribution in [2.24, 2.45) is 0 Å². The van der Waals surface area contributed by atoms with Crippen molar-refractivity contribution < 1.29 is 9.53 Å². The predicted molar refractivity (Wildman–Crippen MR) is 72.6 cm³/mol. The van der Waals surface area contributed by atoms with E-state index in [1.54, 1.807) is 0 Å². The van der Waals surface area contributed by atoms with Gasteiger partial charge < -0.3 is 4.74 Å². The van der Waals surface area contributed by atoms with E-state index in [0.717, 1.165) is 19.3 Å². The number of hydrogen-bond donors (Lipinski definition) is 0. The van der Waals surface area contributed by atoms with Gasteiger partial charge in [0.15, 0.2) is 0 Å². The van der Waals surface area contributed by atoms with Crippen LogP contribution in [-0.2, 0) is 9.53 Å². The average Bonchev–Trinajstić information content (AvgIpc) is 2.26. The Labute approximate surface area is 102 Å². The highest BCUT2D eigenvalue weighted by Gasteiger charge is 1.92. The fourth-order valence-electron chi connectivity index (χ4n) is 0.937. The SMILES string of the molecule is C.C=CC(=O)OCCCCC.CCCCC. The number of esters is 1. The molecule has 98 valence electrons. The molecular weight excluding hydrogens is 200 g/mol. The van der Waals surface area contributed by atoms with Gasteiger partial charge in [-0.1, -0.05) is 66.9 Å². The largest absolute Gasteiger partial charge is 0.463 e. The molecular formula is C14H30O2. The summed E-state index contributed by atoms with van der Waals surface area (Å²) in [7, 11) is 0. The lowest BCUT2D eigenvalue weighted by atomic mass is 10.3. The Morgan fingerprint density at radius 1 is 1.06 bits per heavy atom. The smallest absolute Gasteiger partial charge is 0.330 e. The van der Waals surface area contributed by atoms with Crippen LogP contribution in [0.4, 0.5) is 0 Å². The lowest BCUT2D eigenvalue weighted by molar-refractivity contribution is -0.137. The molecule has 0 aliphatic carbocycles. The highest BCUT2D eigenvalue weighted by molar-refractivity contribution is 5.81. The Balaban J connectivity index is -0.000000242. The molecule has 0 unspecified atom stereocenters. The van der Waals surface area contributed by atoms with E-state index in [4.69, 9.17) is 4.74 Å². The number of carbonyl (C=O) groups is 1. The van der Waals surface area contributed by atoms with Crippen LogP contribution in [0, 0.1) is 0 Å². The van der Waals surface area contributed by atoms with Gasteiger partial charge in [-0.3, -0.25) is 0 Å². The van der Waals surface area contributed by atoms with Crippen molar-refractivity contribution in [1.82, 2.24) is 0 Å². The molecule has 0 saturated heterocycles. The maximum absolute atomic E-state index is 10.4. The fraction of sp³-hybridized carbons (Fsp3) is 0.786. The van der Waals surface area contributed by atoms with Crippen LogP contribution >= 0.6 is 0 Å². The van der Waals surface area contributed by atoms with Crippen molar-refractivity contribution in [3.05, 3.63) is 12.7 Å². The number of rotatable bonds is 7. The lowest BCUT2D eigenvalue weighted by Crippen LogP contribution is -2.01. The van der Waals surface area contributed by atoms with E-state index < -0.39 is 0 Å². The maximum atomic E-state index is 10.4. The topological polar surface area (TPSA) is 26.3 Å². The second kappa shape index (κ2) is 19.7. The van der Waals surface area contributed by atoms with Gasteiger partial charge in [0.2, 0.25) is 0 Å². The van der Waals surface area contributed by atoms with Crippen LogP contribution < -0.4 is 0 Å². The lowest BCUT2D eigenvalue weighted by Gasteiger charge is -1.98. The third-order valence-corrected chi connectivity index (χ3v) is 1.87. The summed E-state index contributed by atoms with van der Waals surface area (Å²) < 4.78 is 4.74. The van der Waals surface area contributed by atoms with Gasteiger partial charge in [-0.25, -0.2) is 4.79 Å². The van der Waals surface area contributed by atoms with Crippen molar-refractivity contribution in [2.75, 3.05) is 6.61 Å². The van der Waals surface area contributed by atoms with Crippen molar-refractivity contribution >= 4 is 5.97 Å². The molecule has 0 atom stereocenters. The molecule has 0 aromatic carbocycles. The minimum atomic E-state index is -0.323. The van der Waals surface area contributed by atoms with Crippen molar-refractivity contribution in [3.8, 4) is 0 Å². The molecule has 0 heterocycles. The first-order valence-corrected chi connectivity index (χ1v) is 6.02. The molecule has 0 spiro atoms. The van der Waals surface area contributed by atoms with E-state index in [1.807, 2.05) is 0 Å². The zero-order chi connectivity index (χ0) is 11.9. The molecule has 16 heavy (non-hydrogen) atoms. The van der Waals surface area contributed by atoms with Gasteiger partial charge in [-0.15, -0.1) is 0 Å². The van der Waals surface area contributed by atoms with Crippen LogP contribution in [-0.4, -0.2) is 12.6 Å². The van der Waals surface area contributed by atoms with Gasteiger partial charge >= 0.3 is 5.97 Å². The third-order valence-electron chi connectivity index (χ3n) is 1.87. The van der Waals surface area contributed by atoms with Gasteiger partial charge in [0.1, 0.15) is 0 Å². The molecule has 0 N–H and O–H groups in total. The van der Waals surface area contributed by atoms with Crippen LogP contribution in [0.25, 0.3) is 0 Å². The first kappa shape index (κ1) is 20.6. The minimum absolute atomic E-state index is 0. The molecule has 0 fully saturated rings. The van der Waals surface area contributed by atoms with Crippen LogP contribution in [0.1, 0.15) is 66.7 Å². The quantitative estimate of drug-likeness (QED) is 0.359. The third kappa shape index (κ3) is 23.2. The van der Waals surface area contributed by atoms with Crippen molar-refractivity contribution in [2.45, 2.75) is 66.7 Å². The van der Waals surface area contributed by atoms with E-state index in [2.05, 4.69) is 27.4 Å². The first-order chi connectivity index (χ1) is 7.22. The van der Waals surface area contributed by atoms with Gasteiger partial charge in [-0.05, 0) is 6.42 Å². The monoisotopic (exact) mass is 230 g/mol. The van der Waals surface area contributed by atoms with Gasteiger partial charge in [0.25, 0.3) is 0 Å². The van der Waals surface area contributed by atoms with Crippen molar-refractivity contribution in [1.29, 1.82) is 0 Å². The van der Waals surface area contributed by atoms with Gasteiger partial charge in [0.05, 0.1) is 6.61 Å². The van der Waals surface area contributed by atoms with Crippen molar-refractivity contribution in [3.63, 3.8) is 0 Å². The summed E-state index contributed by atoms with van der Waals surface area (Å²) in [5.41, 5.74) is 0. The van der Waals surface area contributed by atoms with Crippen LogP contribution in [0.15, 0.2) is 12.7 Å². The first-order valence-electron chi connectivity index (χ1n) is 6.02. The summed E-state index contributed by atoms with van der Waals surface area (Å²) >= 11 is 0. The predicted octanol–water partition coefficient (Wildman–Crippen LogP) is 4.74. The molecule has 0 bridgehead atoms. The van der Waals surface area contributed by atoms with E-state index in [9.17, 15) is 4.79 Å². The fourth-order valence-corrected chi connectivity index (χ4v) is 0.937. The summed E-state index contributed by atoms with van der Waals surface area (Å²) in [6, 6.07) is 0. The van der Waals surface area contributed by atoms with E-state index in [-0.39, 0.29) is 13.4 Å². The average molecular weight is 230 g/mol. The Morgan fingerprint density at radius 2 is 1.56 bits per heavy atom. The number of ether oxygens (including phenoxy) is 1. The second-order valence-corrected chi connectivity index (χ2v) is 3.43. The summed E-state index contributed by atoms with van der Waals surface area (Å²) in [5.74, 6) is -0.323. The molecule has 2 heteroatoms. The molecule has 0 aromatic heterocycles. The molecule has 0 aliphatic rings. The van der Waals surface area contributed by atoms with Gasteiger partial charge in [-0.2, -0.15) is 0 Å². The van der Waals surface area contributed by atoms with E-state index in [0.29, 0.717) is 6.61 Å². The van der Waals surface area contributed by atoms with Crippen LogP contribution in [0.2, 0.25) is 0 Å². The molecule has 0 radical (unpaired) electrons.